The Labute approximate surface area is 190 Å². The van der Waals surface area contributed by atoms with Crippen molar-refractivity contribution in [1.82, 2.24) is 0 Å². The van der Waals surface area contributed by atoms with Crippen molar-refractivity contribution < 1.29 is 0 Å². The highest BCUT2D eigenvalue weighted by Gasteiger charge is 2.05. The van der Waals surface area contributed by atoms with Gasteiger partial charge in [0, 0.05) is 0 Å². The van der Waals surface area contributed by atoms with Crippen molar-refractivity contribution in [2.24, 2.45) is 0 Å². The summed E-state index contributed by atoms with van der Waals surface area (Å²) in [6.45, 7) is 6.75. The van der Waals surface area contributed by atoms with Gasteiger partial charge in [-0.2, -0.15) is 0 Å². The Morgan fingerprint density at radius 1 is 0.452 bits per heavy atom. The van der Waals surface area contributed by atoms with E-state index in [1.54, 1.807) is 0 Å². The van der Waals surface area contributed by atoms with Crippen LogP contribution in [0.15, 0.2) is 66.7 Å². The van der Waals surface area contributed by atoms with Crippen LogP contribution in [0.2, 0.25) is 0 Å². The zero-order chi connectivity index (χ0) is 21.9. The number of aryl methyl sites for hydroxylation is 3. The molecule has 0 saturated heterocycles. The molecule has 0 aliphatic heterocycles. The summed E-state index contributed by atoms with van der Waals surface area (Å²) in [7, 11) is 0. The van der Waals surface area contributed by atoms with Crippen molar-refractivity contribution >= 4 is 0 Å². The maximum atomic E-state index is 2.35. The topological polar surface area (TPSA) is 0 Å². The molecule has 0 bridgehead atoms. The fourth-order valence-electron chi connectivity index (χ4n) is 4.36. The van der Waals surface area contributed by atoms with Gasteiger partial charge in [-0.15, -0.1) is 0 Å². The minimum Gasteiger partial charge on any atom is -0.0654 e. The number of hydrogen-bond donors (Lipinski definition) is 0. The van der Waals surface area contributed by atoms with Gasteiger partial charge in [0.15, 0.2) is 0 Å². The molecule has 3 aromatic rings. The monoisotopic (exact) mass is 412 g/mol. The maximum absolute atomic E-state index is 2.35. The summed E-state index contributed by atoms with van der Waals surface area (Å²) in [6, 6.07) is 25.4. The van der Waals surface area contributed by atoms with E-state index in [2.05, 4.69) is 87.5 Å². The first-order valence-electron chi connectivity index (χ1n) is 12.5. The van der Waals surface area contributed by atoms with Gasteiger partial charge >= 0.3 is 0 Å². The molecule has 0 amide bonds. The largest absolute Gasteiger partial charge is 0.0654 e. The van der Waals surface area contributed by atoms with Crippen LogP contribution in [0.25, 0.3) is 22.3 Å². The normalized spacial score (nSPS) is 11.1. The molecular weight excluding hydrogens is 372 g/mol. The van der Waals surface area contributed by atoms with Crippen LogP contribution in [0.4, 0.5) is 0 Å². The van der Waals surface area contributed by atoms with Crippen LogP contribution in [-0.2, 0) is 12.8 Å². The highest BCUT2D eigenvalue weighted by molar-refractivity contribution is 5.74. The molecule has 0 N–H and O–H groups in total. The summed E-state index contributed by atoms with van der Waals surface area (Å²) in [4.78, 5) is 0. The van der Waals surface area contributed by atoms with E-state index in [0.29, 0.717) is 0 Å². The average molecular weight is 413 g/mol. The first-order valence-corrected chi connectivity index (χ1v) is 12.5. The fraction of sp³-hybridized carbons (Fsp3) is 0.419. The van der Waals surface area contributed by atoms with Crippen LogP contribution in [0.5, 0.6) is 0 Å². The third kappa shape index (κ3) is 7.39. The van der Waals surface area contributed by atoms with Crippen LogP contribution in [-0.4, -0.2) is 0 Å². The molecule has 0 heteroatoms. The summed E-state index contributed by atoms with van der Waals surface area (Å²) in [5.74, 6) is 0. The molecule has 0 aromatic heterocycles. The SMILES string of the molecule is CCCCCCc1ccc(-c2cc(C)cc(-c3ccc(CCCCCC)cc3)c2)cc1. The minimum absolute atomic E-state index is 1.20. The standard InChI is InChI=1S/C31H40/c1-4-6-8-10-12-26-14-18-28(19-15-26)30-22-25(3)23-31(24-30)29-20-16-27(17-21-29)13-11-9-7-5-2/h14-24H,4-13H2,1-3H3. The van der Waals surface area contributed by atoms with Gasteiger partial charge in [-0.25, -0.2) is 0 Å². The summed E-state index contributed by atoms with van der Waals surface area (Å²) < 4.78 is 0. The zero-order valence-electron chi connectivity index (χ0n) is 19.9. The van der Waals surface area contributed by atoms with E-state index in [4.69, 9.17) is 0 Å². The lowest BCUT2D eigenvalue weighted by molar-refractivity contribution is 0.667. The first-order chi connectivity index (χ1) is 15.2. The van der Waals surface area contributed by atoms with Crippen LogP contribution in [0, 0.1) is 6.92 Å². The van der Waals surface area contributed by atoms with Crippen LogP contribution < -0.4 is 0 Å². The Morgan fingerprint density at radius 2 is 0.871 bits per heavy atom. The number of hydrogen-bond acceptors (Lipinski definition) is 0. The molecule has 0 nitrogen and oxygen atoms in total. The number of benzene rings is 3. The van der Waals surface area contributed by atoms with Crippen LogP contribution in [0.3, 0.4) is 0 Å². The van der Waals surface area contributed by atoms with E-state index in [1.165, 1.54) is 103 Å². The van der Waals surface area contributed by atoms with Gasteiger partial charge in [0.1, 0.15) is 0 Å². The van der Waals surface area contributed by atoms with Crippen molar-refractivity contribution in [2.45, 2.75) is 85.0 Å². The molecular formula is C31H40. The molecule has 0 aliphatic carbocycles. The van der Waals surface area contributed by atoms with Crippen LogP contribution in [0.1, 0.15) is 81.9 Å². The van der Waals surface area contributed by atoms with E-state index >= 15 is 0 Å². The van der Waals surface area contributed by atoms with Crippen molar-refractivity contribution in [3.63, 3.8) is 0 Å². The van der Waals surface area contributed by atoms with Crippen molar-refractivity contribution in [3.05, 3.63) is 83.4 Å². The van der Waals surface area contributed by atoms with Crippen LogP contribution >= 0.6 is 0 Å². The Morgan fingerprint density at radius 3 is 1.26 bits per heavy atom. The second kappa shape index (κ2) is 12.5. The second-order valence-corrected chi connectivity index (χ2v) is 9.10. The Kier molecular flexibility index (Phi) is 9.40. The van der Waals surface area contributed by atoms with E-state index in [0.717, 1.165) is 0 Å². The highest BCUT2D eigenvalue weighted by atomic mass is 14.1. The van der Waals surface area contributed by atoms with Gasteiger partial charge in [0.25, 0.3) is 0 Å². The summed E-state index contributed by atoms with van der Waals surface area (Å²) >= 11 is 0. The molecule has 31 heavy (non-hydrogen) atoms. The summed E-state index contributed by atoms with van der Waals surface area (Å²) in [5, 5.41) is 0. The van der Waals surface area contributed by atoms with Crippen molar-refractivity contribution in [3.8, 4) is 22.3 Å². The van der Waals surface area contributed by atoms with Gasteiger partial charge in [-0.1, -0.05) is 113 Å². The third-order valence-electron chi connectivity index (χ3n) is 6.29. The Hall–Kier alpha value is -2.34. The molecule has 0 radical (unpaired) electrons. The van der Waals surface area contributed by atoms with Gasteiger partial charge < -0.3 is 0 Å². The maximum Gasteiger partial charge on any atom is -0.0175 e. The average Bonchev–Trinajstić information content (AvgIpc) is 2.80. The third-order valence-corrected chi connectivity index (χ3v) is 6.29. The predicted molar refractivity (Wildman–Crippen MR) is 138 cm³/mol. The Balaban J connectivity index is 1.68. The number of unbranched alkanes of at least 4 members (excludes halogenated alkanes) is 6. The predicted octanol–water partition coefficient (Wildman–Crippen LogP) is 9.57. The lowest BCUT2D eigenvalue weighted by atomic mass is 9.94. The fourth-order valence-corrected chi connectivity index (χ4v) is 4.36. The van der Waals surface area contributed by atoms with E-state index in [1.807, 2.05) is 0 Å². The Bertz CT molecular complexity index is 826. The molecule has 0 unspecified atom stereocenters. The molecule has 0 atom stereocenters. The molecule has 164 valence electrons. The van der Waals surface area contributed by atoms with Crippen molar-refractivity contribution in [2.75, 3.05) is 0 Å². The highest BCUT2D eigenvalue weighted by Crippen LogP contribution is 2.29. The first kappa shape index (κ1) is 23.3. The summed E-state index contributed by atoms with van der Waals surface area (Å²) in [6.07, 6.45) is 13.0. The summed E-state index contributed by atoms with van der Waals surface area (Å²) in [5.41, 5.74) is 9.50. The zero-order valence-corrected chi connectivity index (χ0v) is 19.9. The minimum atomic E-state index is 1.20. The van der Waals surface area contributed by atoms with Gasteiger partial charge in [0.2, 0.25) is 0 Å². The molecule has 0 fully saturated rings. The van der Waals surface area contributed by atoms with Gasteiger partial charge in [0.05, 0.1) is 0 Å². The molecule has 0 heterocycles. The molecule has 3 aromatic carbocycles. The molecule has 3 rings (SSSR count). The van der Waals surface area contributed by atoms with Crippen molar-refractivity contribution in [1.29, 1.82) is 0 Å². The quantitative estimate of drug-likeness (QED) is 0.260. The van der Waals surface area contributed by atoms with Gasteiger partial charge in [-0.05, 0) is 77.6 Å². The molecule has 0 aliphatic rings. The smallest absolute Gasteiger partial charge is 0.0175 e. The molecule has 0 saturated carbocycles. The lowest BCUT2D eigenvalue weighted by Crippen LogP contribution is -1.89. The van der Waals surface area contributed by atoms with E-state index in [-0.39, 0.29) is 0 Å². The number of rotatable bonds is 12. The molecule has 0 spiro atoms. The van der Waals surface area contributed by atoms with Gasteiger partial charge in [-0.3, -0.25) is 0 Å². The lowest BCUT2D eigenvalue weighted by Gasteiger charge is -2.10. The second-order valence-electron chi connectivity index (χ2n) is 9.10. The van der Waals surface area contributed by atoms with E-state index < -0.39 is 0 Å². The van der Waals surface area contributed by atoms with E-state index in [9.17, 15) is 0 Å².